The van der Waals surface area contributed by atoms with Crippen LogP contribution in [0.4, 0.5) is 13.6 Å². The Kier molecular flexibility index (Phi) is 5.25. The molecule has 134 valence electrons. The highest BCUT2D eigenvalue weighted by Crippen LogP contribution is 2.39. The second kappa shape index (κ2) is 7.58. The first-order valence-electron chi connectivity index (χ1n) is 8.17. The molecule has 0 saturated heterocycles. The van der Waals surface area contributed by atoms with Crippen LogP contribution in [0.5, 0.6) is 0 Å². The van der Waals surface area contributed by atoms with E-state index in [1.807, 2.05) is 30.3 Å². The first-order chi connectivity index (χ1) is 12.0. The third kappa shape index (κ3) is 4.98. The van der Waals surface area contributed by atoms with E-state index in [0.717, 1.165) is 5.56 Å². The number of hydrogen-bond donors (Lipinski definition) is 1. The van der Waals surface area contributed by atoms with Crippen LogP contribution in [0.1, 0.15) is 48.9 Å². The fourth-order valence-electron chi connectivity index (χ4n) is 2.73. The molecular formula is C17H19F2N3O3. The zero-order valence-corrected chi connectivity index (χ0v) is 13.6. The lowest BCUT2D eigenvalue weighted by atomic mass is 9.86. The van der Waals surface area contributed by atoms with Gasteiger partial charge in [0.05, 0.1) is 0 Å². The molecule has 25 heavy (non-hydrogen) atoms. The van der Waals surface area contributed by atoms with Crippen LogP contribution < -0.4 is 5.32 Å². The molecule has 1 fully saturated rings. The molecule has 1 N–H and O–H groups in total. The fourth-order valence-corrected chi connectivity index (χ4v) is 2.73. The van der Waals surface area contributed by atoms with Crippen molar-refractivity contribution < 1.29 is 22.8 Å². The van der Waals surface area contributed by atoms with Crippen LogP contribution in [-0.4, -0.2) is 22.2 Å². The molecule has 1 heterocycles. The van der Waals surface area contributed by atoms with E-state index < -0.39 is 12.0 Å². The van der Waals surface area contributed by atoms with Crippen LogP contribution in [0.3, 0.4) is 0 Å². The molecule has 0 unspecified atom stereocenters. The van der Waals surface area contributed by atoms with Crippen molar-refractivity contribution in [3.05, 3.63) is 47.6 Å². The van der Waals surface area contributed by atoms with Gasteiger partial charge in [-0.2, -0.15) is 4.98 Å². The smallest absolute Gasteiger partial charge is 0.407 e. The van der Waals surface area contributed by atoms with E-state index in [0.29, 0.717) is 18.7 Å². The molecule has 1 aromatic carbocycles. The van der Waals surface area contributed by atoms with Crippen molar-refractivity contribution in [1.82, 2.24) is 15.5 Å². The maximum atomic E-state index is 13.2. The Bertz CT molecular complexity index is 696. The second-order valence-corrected chi connectivity index (χ2v) is 6.09. The quantitative estimate of drug-likeness (QED) is 0.887. The number of rotatable bonds is 5. The van der Waals surface area contributed by atoms with Gasteiger partial charge in [-0.05, 0) is 18.4 Å². The Labute approximate surface area is 143 Å². The number of ether oxygens (including phenoxy) is 1. The van der Waals surface area contributed by atoms with Gasteiger partial charge in [0, 0.05) is 18.8 Å². The van der Waals surface area contributed by atoms with Crippen molar-refractivity contribution >= 4 is 6.09 Å². The van der Waals surface area contributed by atoms with Crippen LogP contribution >= 0.6 is 0 Å². The largest absolute Gasteiger partial charge is 0.445 e. The zero-order valence-electron chi connectivity index (χ0n) is 13.6. The first kappa shape index (κ1) is 17.3. The van der Waals surface area contributed by atoms with Crippen molar-refractivity contribution in [3.8, 4) is 0 Å². The third-order valence-corrected chi connectivity index (χ3v) is 4.16. The van der Waals surface area contributed by atoms with E-state index in [1.54, 1.807) is 0 Å². The highest BCUT2D eigenvalue weighted by Gasteiger charge is 2.36. The number of nitrogens with one attached hydrogen (secondary N) is 1. The molecule has 1 aromatic heterocycles. The maximum absolute atomic E-state index is 13.2. The van der Waals surface area contributed by atoms with Gasteiger partial charge in [0.25, 0.3) is 0 Å². The van der Waals surface area contributed by atoms with E-state index in [2.05, 4.69) is 15.5 Å². The number of aromatic nitrogens is 2. The van der Waals surface area contributed by atoms with E-state index in [-0.39, 0.29) is 37.8 Å². The van der Waals surface area contributed by atoms with E-state index in [4.69, 9.17) is 9.26 Å². The van der Waals surface area contributed by atoms with Gasteiger partial charge in [-0.1, -0.05) is 35.5 Å². The summed E-state index contributed by atoms with van der Waals surface area (Å²) in [6, 6.07) is 9.30. The van der Waals surface area contributed by atoms with E-state index in [9.17, 15) is 13.6 Å². The molecule has 8 heteroatoms. The number of benzene rings is 1. The predicted octanol–water partition coefficient (Wildman–Crippen LogP) is 3.79. The van der Waals surface area contributed by atoms with Crippen LogP contribution in [-0.2, 0) is 17.9 Å². The third-order valence-electron chi connectivity index (χ3n) is 4.16. The number of alkyl carbamates (subject to hydrolysis) is 1. The van der Waals surface area contributed by atoms with Crippen LogP contribution in [0.2, 0.25) is 0 Å². The summed E-state index contributed by atoms with van der Waals surface area (Å²) in [5.74, 6) is -2.07. The summed E-state index contributed by atoms with van der Waals surface area (Å²) in [6.07, 6.45) is -0.255. The Balaban J connectivity index is 1.43. The van der Waals surface area contributed by atoms with Gasteiger partial charge in [-0.3, -0.25) is 0 Å². The minimum absolute atomic E-state index is 0.0313. The van der Waals surface area contributed by atoms with Gasteiger partial charge in [0.15, 0.2) is 5.82 Å². The lowest BCUT2D eigenvalue weighted by molar-refractivity contribution is -0.0389. The van der Waals surface area contributed by atoms with Crippen LogP contribution in [0.25, 0.3) is 0 Å². The normalized spacial score (nSPS) is 17.2. The first-order valence-corrected chi connectivity index (χ1v) is 8.17. The Hall–Kier alpha value is -2.51. The second-order valence-electron chi connectivity index (χ2n) is 6.09. The Morgan fingerprint density at radius 2 is 2.00 bits per heavy atom. The SMILES string of the molecule is O=C(NCc1nc(C2CCC(F)(F)CC2)no1)OCc1ccccc1. The molecular weight excluding hydrogens is 332 g/mol. The van der Waals surface area contributed by atoms with Crippen molar-refractivity contribution in [2.45, 2.75) is 50.7 Å². The monoisotopic (exact) mass is 351 g/mol. The lowest BCUT2D eigenvalue weighted by Gasteiger charge is -2.26. The molecule has 3 rings (SSSR count). The minimum Gasteiger partial charge on any atom is -0.445 e. The van der Waals surface area contributed by atoms with Gasteiger partial charge < -0.3 is 14.6 Å². The summed E-state index contributed by atoms with van der Waals surface area (Å²) in [5.41, 5.74) is 0.881. The summed E-state index contributed by atoms with van der Waals surface area (Å²) in [7, 11) is 0. The molecule has 0 atom stereocenters. The summed E-state index contributed by atoms with van der Waals surface area (Å²) < 4.78 is 36.5. The van der Waals surface area contributed by atoms with Gasteiger partial charge in [-0.15, -0.1) is 0 Å². The molecule has 0 radical (unpaired) electrons. The van der Waals surface area contributed by atoms with E-state index >= 15 is 0 Å². The molecule has 1 aliphatic carbocycles. The minimum atomic E-state index is -2.59. The van der Waals surface area contributed by atoms with Gasteiger partial charge in [0.2, 0.25) is 11.8 Å². The van der Waals surface area contributed by atoms with Crippen LogP contribution in [0, 0.1) is 0 Å². The van der Waals surface area contributed by atoms with Crippen molar-refractivity contribution in [2.75, 3.05) is 0 Å². The number of carbonyl (C=O) groups is 1. The summed E-state index contributed by atoms with van der Waals surface area (Å²) in [6.45, 7) is 0.196. The molecule has 0 aliphatic heterocycles. The Morgan fingerprint density at radius 3 is 2.72 bits per heavy atom. The van der Waals surface area contributed by atoms with Crippen LogP contribution in [0.15, 0.2) is 34.9 Å². The molecule has 6 nitrogen and oxygen atoms in total. The molecule has 0 spiro atoms. The molecule has 0 bridgehead atoms. The summed E-state index contributed by atoms with van der Waals surface area (Å²) in [5, 5.41) is 6.36. The number of nitrogens with zero attached hydrogens (tertiary/aromatic N) is 2. The summed E-state index contributed by atoms with van der Waals surface area (Å²) in [4.78, 5) is 15.8. The lowest BCUT2D eigenvalue weighted by Crippen LogP contribution is -2.24. The number of halogens is 2. The molecule has 1 amide bonds. The predicted molar refractivity (Wildman–Crippen MR) is 83.9 cm³/mol. The fraction of sp³-hybridized carbons (Fsp3) is 0.471. The summed E-state index contributed by atoms with van der Waals surface area (Å²) >= 11 is 0. The van der Waals surface area contributed by atoms with Crippen molar-refractivity contribution in [2.24, 2.45) is 0 Å². The highest BCUT2D eigenvalue weighted by molar-refractivity contribution is 5.66. The number of carbonyl (C=O) groups excluding carboxylic acids is 1. The van der Waals surface area contributed by atoms with Gasteiger partial charge in [0.1, 0.15) is 13.2 Å². The molecule has 1 saturated carbocycles. The highest BCUT2D eigenvalue weighted by atomic mass is 19.3. The topological polar surface area (TPSA) is 77.3 Å². The van der Waals surface area contributed by atoms with Crippen molar-refractivity contribution in [3.63, 3.8) is 0 Å². The number of amides is 1. The number of hydrogen-bond acceptors (Lipinski definition) is 5. The number of alkyl halides is 2. The van der Waals surface area contributed by atoms with E-state index in [1.165, 1.54) is 0 Å². The zero-order chi connectivity index (χ0) is 17.7. The average Bonchev–Trinajstić information content (AvgIpc) is 3.08. The molecule has 1 aliphatic rings. The molecule has 2 aromatic rings. The van der Waals surface area contributed by atoms with Gasteiger partial charge in [-0.25, -0.2) is 13.6 Å². The van der Waals surface area contributed by atoms with Crippen molar-refractivity contribution in [1.29, 1.82) is 0 Å². The Morgan fingerprint density at radius 1 is 1.28 bits per heavy atom. The average molecular weight is 351 g/mol. The maximum Gasteiger partial charge on any atom is 0.407 e. The van der Waals surface area contributed by atoms with Gasteiger partial charge >= 0.3 is 6.09 Å². The standard InChI is InChI=1S/C17H19F2N3O3/c18-17(19)8-6-13(7-9-17)15-21-14(25-22-15)10-20-16(23)24-11-12-4-2-1-3-5-12/h1-5,13H,6-11H2,(H,20,23).